The van der Waals surface area contributed by atoms with Gasteiger partial charge in [-0.1, -0.05) is 11.3 Å². The third kappa shape index (κ3) is 3.47. The molecule has 4 heterocycles. The highest BCUT2D eigenvalue weighted by molar-refractivity contribution is 7.20. The molecule has 1 amide bonds. The Balaban J connectivity index is 1.62. The molecule has 0 saturated carbocycles. The number of amides is 1. The average Bonchev–Trinajstić information content (AvgIpc) is 3.33. The number of anilines is 2. The zero-order valence-electron chi connectivity index (χ0n) is 14.4. The van der Waals surface area contributed by atoms with Crippen molar-refractivity contribution in [2.24, 2.45) is 0 Å². The number of thiazole rings is 1. The first-order valence-electron chi connectivity index (χ1n) is 8.40. The second-order valence-corrected chi connectivity index (χ2v) is 7.11. The van der Waals surface area contributed by atoms with E-state index in [-0.39, 0.29) is 5.91 Å². The summed E-state index contributed by atoms with van der Waals surface area (Å²) in [5.74, 6) is 0.511. The molecule has 0 radical (unpaired) electrons. The molecule has 0 aliphatic carbocycles. The number of pyridine rings is 1. The van der Waals surface area contributed by atoms with E-state index in [0.29, 0.717) is 16.5 Å². The topological polar surface area (TPSA) is 74.5 Å². The standard InChI is InChI=1S/C18H19N5O2S/c1-22-8-10-23(11-9-22)17-15(14-3-2-12-25-14)20-18(26-17)21-16(24)13-4-6-19-7-5-13/h2-7,12H,8-11H2,1H3,(H,20,21,24). The van der Waals surface area contributed by atoms with Gasteiger partial charge < -0.3 is 14.2 Å². The highest BCUT2D eigenvalue weighted by atomic mass is 32.1. The van der Waals surface area contributed by atoms with Gasteiger partial charge in [0.05, 0.1) is 6.26 Å². The van der Waals surface area contributed by atoms with Gasteiger partial charge in [-0.2, -0.15) is 0 Å². The van der Waals surface area contributed by atoms with E-state index in [1.54, 1.807) is 30.8 Å². The summed E-state index contributed by atoms with van der Waals surface area (Å²) in [4.78, 5) is 25.6. The largest absolute Gasteiger partial charge is 0.463 e. The quantitative estimate of drug-likeness (QED) is 0.762. The van der Waals surface area contributed by atoms with Crippen molar-refractivity contribution in [3.05, 3.63) is 48.5 Å². The van der Waals surface area contributed by atoms with E-state index in [0.717, 1.165) is 36.9 Å². The Bertz CT molecular complexity index is 870. The molecule has 0 unspecified atom stereocenters. The Hall–Kier alpha value is -2.71. The average molecular weight is 369 g/mol. The van der Waals surface area contributed by atoms with Crippen molar-refractivity contribution in [3.8, 4) is 11.5 Å². The molecule has 1 fully saturated rings. The van der Waals surface area contributed by atoms with Crippen LogP contribution in [0.4, 0.5) is 10.1 Å². The molecule has 0 bridgehead atoms. The van der Waals surface area contributed by atoms with Crippen LogP contribution in [0.5, 0.6) is 0 Å². The minimum atomic E-state index is -0.197. The number of hydrogen-bond acceptors (Lipinski definition) is 7. The van der Waals surface area contributed by atoms with E-state index in [1.807, 2.05) is 12.1 Å². The van der Waals surface area contributed by atoms with Gasteiger partial charge >= 0.3 is 0 Å². The molecule has 0 spiro atoms. The summed E-state index contributed by atoms with van der Waals surface area (Å²) in [5.41, 5.74) is 1.32. The molecule has 0 aromatic carbocycles. The van der Waals surface area contributed by atoms with Crippen LogP contribution >= 0.6 is 11.3 Å². The summed E-state index contributed by atoms with van der Waals surface area (Å²) in [5, 5.41) is 4.48. The zero-order valence-corrected chi connectivity index (χ0v) is 15.2. The third-order valence-corrected chi connectivity index (χ3v) is 5.35. The fraction of sp³-hybridized carbons (Fsp3) is 0.278. The minimum Gasteiger partial charge on any atom is -0.463 e. The van der Waals surface area contributed by atoms with E-state index in [2.05, 4.69) is 32.1 Å². The van der Waals surface area contributed by atoms with Crippen LogP contribution in [-0.4, -0.2) is 54.0 Å². The highest BCUT2D eigenvalue weighted by Crippen LogP contribution is 2.39. The fourth-order valence-electron chi connectivity index (χ4n) is 2.84. The highest BCUT2D eigenvalue weighted by Gasteiger charge is 2.24. The molecular weight excluding hydrogens is 350 g/mol. The van der Waals surface area contributed by atoms with Gasteiger partial charge in [0, 0.05) is 44.1 Å². The predicted octanol–water partition coefficient (Wildman–Crippen LogP) is 2.80. The summed E-state index contributed by atoms with van der Waals surface area (Å²) < 4.78 is 5.56. The number of rotatable bonds is 4. The number of piperazine rings is 1. The molecule has 7 nitrogen and oxygen atoms in total. The second-order valence-electron chi connectivity index (χ2n) is 6.13. The molecule has 1 saturated heterocycles. The lowest BCUT2D eigenvalue weighted by Crippen LogP contribution is -2.44. The predicted molar refractivity (Wildman–Crippen MR) is 102 cm³/mol. The summed E-state index contributed by atoms with van der Waals surface area (Å²) in [6, 6.07) is 7.09. The van der Waals surface area contributed by atoms with Crippen molar-refractivity contribution in [1.82, 2.24) is 14.9 Å². The van der Waals surface area contributed by atoms with E-state index >= 15 is 0 Å². The molecule has 4 rings (SSSR count). The number of carbonyl (C=O) groups is 1. The number of nitrogens with one attached hydrogen (secondary N) is 1. The minimum absolute atomic E-state index is 0.197. The number of likely N-dealkylation sites (N-methyl/N-ethyl adjacent to an activating group) is 1. The zero-order chi connectivity index (χ0) is 17.9. The van der Waals surface area contributed by atoms with Crippen molar-refractivity contribution in [1.29, 1.82) is 0 Å². The molecular formula is C18H19N5O2S. The van der Waals surface area contributed by atoms with Crippen LogP contribution < -0.4 is 10.2 Å². The Morgan fingerprint density at radius 1 is 1.19 bits per heavy atom. The van der Waals surface area contributed by atoms with Crippen LogP contribution in [-0.2, 0) is 0 Å². The summed E-state index contributed by atoms with van der Waals surface area (Å²) in [7, 11) is 2.12. The lowest BCUT2D eigenvalue weighted by Gasteiger charge is -2.33. The van der Waals surface area contributed by atoms with E-state index in [1.165, 1.54) is 11.3 Å². The summed E-state index contributed by atoms with van der Waals surface area (Å²) >= 11 is 1.48. The number of carbonyl (C=O) groups excluding carboxylic acids is 1. The molecule has 3 aromatic rings. The van der Waals surface area contributed by atoms with Gasteiger partial charge in [0.25, 0.3) is 5.91 Å². The van der Waals surface area contributed by atoms with Crippen LogP contribution in [0.25, 0.3) is 11.5 Å². The molecule has 134 valence electrons. The van der Waals surface area contributed by atoms with Crippen LogP contribution in [0.2, 0.25) is 0 Å². The number of furan rings is 1. The molecule has 0 atom stereocenters. The number of aromatic nitrogens is 2. The van der Waals surface area contributed by atoms with E-state index < -0.39 is 0 Å². The first-order chi connectivity index (χ1) is 12.7. The van der Waals surface area contributed by atoms with Gasteiger partial charge in [0.2, 0.25) is 0 Å². The molecule has 1 aliphatic heterocycles. The lowest BCUT2D eigenvalue weighted by molar-refractivity contribution is 0.102. The van der Waals surface area contributed by atoms with Crippen molar-refractivity contribution >= 4 is 27.4 Å². The second kappa shape index (κ2) is 7.27. The maximum Gasteiger partial charge on any atom is 0.257 e. The Kier molecular flexibility index (Phi) is 4.68. The van der Waals surface area contributed by atoms with Gasteiger partial charge in [-0.05, 0) is 31.3 Å². The monoisotopic (exact) mass is 369 g/mol. The third-order valence-electron chi connectivity index (χ3n) is 4.32. The van der Waals surface area contributed by atoms with E-state index in [4.69, 9.17) is 4.42 Å². The first kappa shape index (κ1) is 16.7. The number of nitrogens with zero attached hydrogens (tertiary/aromatic N) is 4. The van der Waals surface area contributed by atoms with Gasteiger partial charge in [-0.15, -0.1) is 0 Å². The van der Waals surface area contributed by atoms with Crippen LogP contribution in [0.1, 0.15) is 10.4 Å². The van der Waals surface area contributed by atoms with Gasteiger partial charge in [-0.3, -0.25) is 15.1 Å². The van der Waals surface area contributed by atoms with Gasteiger partial charge in [0.1, 0.15) is 10.7 Å². The smallest absolute Gasteiger partial charge is 0.257 e. The maximum absolute atomic E-state index is 12.4. The summed E-state index contributed by atoms with van der Waals surface area (Å²) in [6.45, 7) is 3.83. The van der Waals surface area contributed by atoms with Gasteiger partial charge in [0.15, 0.2) is 10.9 Å². The van der Waals surface area contributed by atoms with E-state index in [9.17, 15) is 4.79 Å². The van der Waals surface area contributed by atoms with Crippen LogP contribution in [0.3, 0.4) is 0 Å². The molecule has 1 aliphatic rings. The Morgan fingerprint density at radius 3 is 2.65 bits per heavy atom. The Morgan fingerprint density at radius 2 is 1.96 bits per heavy atom. The molecule has 1 N–H and O–H groups in total. The molecule has 26 heavy (non-hydrogen) atoms. The summed E-state index contributed by atoms with van der Waals surface area (Å²) in [6.07, 6.45) is 4.83. The fourth-order valence-corrected chi connectivity index (χ4v) is 3.85. The molecule has 3 aromatic heterocycles. The first-order valence-corrected chi connectivity index (χ1v) is 9.22. The van der Waals surface area contributed by atoms with Crippen molar-refractivity contribution in [2.75, 3.05) is 43.4 Å². The Labute approximate surface area is 155 Å². The maximum atomic E-state index is 12.4. The lowest BCUT2D eigenvalue weighted by atomic mass is 10.2. The SMILES string of the molecule is CN1CCN(c2sc(NC(=O)c3ccncc3)nc2-c2ccco2)CC1. The number of hydrogen-bond donors (Lipinski definition) is 1. The molecule has 8 heteroatoms. The normalized spacial score (nSPS) is 15.2. The van der Waals surface area contributed by atoms with Crippen LogP contribution in [0, 0.1) is 0 Å². The van der Waals surface area contributed by atoms with Crippen molar-refractivity contribution < 1.29 is 9.21 Å². The van der Waals surface area contributed by atoms with Crippen molar-refractivity contribution in [2.45, 2.75) is 0 Å². The van der Waals surface area contributed by atoms with Crippen molar-refractivity contribution in [3.63, 3.8) is 0 Å². The van der Waals surface area contributed by atoms with Gasteiger partial charge in [-0.25, -0.2) is 4.98 Å². The van der Waals surface area contributed by atoms with Crippen LogP contribution in [0.15, 0.2) is 47.3 Å².